The van der Waals surface area contributed by atoms with Gasteiger partial charge in [-0.25, -0.2) is 4.79 Å². The van der Waals surface area contributed by atoms with Crippen LogP contribution in [0.5, 0.6) is 0 Å². The number of hydrogen-bond donors (Lipinski definition) is 0. The summed E-state index contributed by atoms with van der Waals surface area (Å²) in [4.78, 5) is 15.3. The lowest BCUT2D eigenvalue weighted by Gasteiger charge is -2.06. The first-order valence-corrected chi connectivity index (χ1v) is 6.93. The molecule has 3 nitrogen and oxygen atoms in total. The fraction of sp³-hybridized carbons (Fsp3) is 0.222. The number of nitrogens with zero attached hydrogens (tertiary/aromatic N) is 1. The third kappa shape index (κ3) is 4.56. The zero-order valence-electron chi connectivity index (χ0n) is 12.4. The van der Waals surface area contributed by atoms with Crippen LogP contribution in [0.3, 0.4) is 0 Å². The highest BCUT2D eigenvalue weighted by atomic mass is 16.5. The van der Waals surface area contributed by atoms with Crippen molar-refractivity contribution < 1.29 is 9.53 Å². The van der Waals surface area contributed by atoms with E-state index in [0.29, 0.717) is 0 Å². The number of esters is 1. The average Bonchev–Trinajstić information content (AvgIpc) is 2.54. The van der Waals surface area contributed by atoms with E-state index in [1.807, 2.05) is 19.2 Å². The van der Waals surface area contributed by atoms with Crippen molar-refractivity contribution in [3.8, 4) is 11.1 Å². The highest BCUT2D eigenvalue weighted by Crippen LogP contribution is 2.20. The monoisotopic (exact) mass is 281 g/mol. The number of carbonyl (C=O) groups is 1. The van der Waals surface area contributed by atoms with E-state index in [0.717, 1.165) is 29.5 Å². The Morgan fingerprint density at radius 2 is 2.05 bits per heavy atom. The lowest BCUT2D eigenvalue weighted by molar-refractivity contribution is -0.134. The number of carbonyl (C=O) groups excluding carboxylic acids is 1. The maximum atomic E-state index is 11.2. The Morgan fingerprint density at radius 3 is 2.76 bits per heavy atom. The number of pyridine rings is 1. The highest BCUT2D eigenvalue weighted by molar-refractivity contribution is 5.82. The van der Waals surface area contributed by atoms with Crippen molar-refractivity contribution in [1.82, 2.24) is 4.98 Å². The van der Waals surface area contributed by atoms with E-state index < -0.39 is 0 Å². The molecular weight excluding hydrogens is 262 g/mol. The number of aryl methyl sites for hydroxylation is 1. The molecule has 1 aromatic heterocycles. The first-order chi connectivity index (χ1) is 10.2. The maximum Gasteiger partial charge on any atom is 0.330 e. The molecule has 0 spiro atoms. The van der Waals surface area contributed by atoms with Crippen LogP contribution in [0.1, 0.15) is 18.9 Å². The van der Waals surface area contributed by atoms with Crippen molar-refractivity contribution in [3.05, 3.63) is 66.0 Å². The van der Waals surface area contributed by atoms with Gasteiger partial charge in [0.2, 0.25) is 0 Å². The quantitative estimate of drug-likeness (QED) is 0.618. The second-order valence-electron chi connectivity index (χ2n) is 4.96. The molecule has 0 saturated carbocycles. The first kappa shape index (κ1) is 15.0. The molecule has 3 heteroatoms. The van der Waals surface area contributed by atoms with E-state index >= 15 is 0 Å². The third-order valence-corrected chi connectivity index (χ3v) is 3.30. The lowest BCUT2D eigenvalue weighted by atomic mass is 10.0. The van der Waals surface area contributed by atoms with Crippen LogP contribution in [0.2, 0.25) is 0 Å². The zero-order valence-corrected chi connectivity index (χ0v) is 12.4. The van der Waals surface area contributed by atoms with Gasteiger partial charge in [-0.15, -0.1) is 0 Å². The highest BCUT2D eigenvalue weighted by Gasteiger charge is 2.01. The fourth-order valence-electron chi connectivity index (χ4n) is 2.11. The van der Waals surface area contributed by atoms with Crippen molar-refractivity contribution in [2.75, 3.05) is 7.11 Å². The van der Waals surface area contributed by atoms with Gasteiger partial charge in [0.15, 0.2) is 0 Å². The Morgan fingerprint density at radius 1 is 1.24 bits per heavy atom. The van der Waals surface area contributed by atoms with Crippen LogP contribution < -0.4 is 0 Å². The molecule has 2 rings (SSSR count). The lowest BCUT2D eigenvalue weighted by Crippen LogP contribution is -1.97. The number of benzene rings is 1. The molecule has 21 heavy (non-hydrogen) atoms. The Balaban J connectivity index is 2.05. The Labute approximate surface area is 125 Å². The standard InChI is InChI=1S/C18H19NO2/c1-14(11-18(20)21-2)8-9-15-5-3-6-16(12-15)17-7-4-10-19-13-17/h3-7,10-13H,8-9H2,1-2H3/b14-11+. The molecule has 0 aliphatic heterocycles. The average molecular weight is 281 g/mol. The van der Waals surface area contributed by atoms with Gasteiger partial charge in [-0.1, -0.05) is 35.9 Å². The second-order valence-corrected chi connectivity index (χ2v) is 4.96. The van der Waals surface area contributed by atoms with Gasteiger partial charge in [-0.05, 0) is 42.5 Å². The third-order valence-electron chi connectivity index (χ3n) is 3.30. The number of allylic oxidation sites excluding steroid dienone is 1. The Kier molecular flexibility index (Phi) is 5.27. The van der Waals surface area contributed by atoms with Crippen LogP contribution in [-0.2, 0) is 16.0 Å². The van der Waals surface area contributed by atoms with Crippen molar-refractivity contribution in [1.29, 1.82) is 0 Å². The molecule has 0 atom stereocenters. The van der Waals surface area contributed by atoms with E-state index in [1.165, 1.54) is 12.7 Å². The van der Waals surface area contributed by atoms with Gasteiger partial charge in [-0.2, -0.15) is 0 Å². The number of hydrogen-bond acceptors (Lipinski definition) is 3. The number of rotatable bonds is 5. The van der Waals surface area contributed by atoms with Crippen LogP contribution in [0.15, 0.2) is 60.4 Å². The summed E-state index contributed by atoms with van der Waals surface area (Å²) in [6, 6.07) is 12.4. The molecule has 1 aromatic carbocycles. The molecule has 108 valence electrons. The minimum Gasteiger partial charge on any atom is -0.466 e. The molecule has 0 aliphatic carbocycles. The van der Waals surface area contributed by atoms with Crippen LogP contribution in [0, 0.1) is 0 Å². The summed E-state index contributed by atoms with van der Waals surface area (Å²) in [5.74, 6) is -0.295. The summed E-state index contributed by atoms with van der Waals surface area (Å²) in [7, 11) is 1.39. The van der Waals surface area contributed by atoms with Crippen molar-refractivity contribution >= 4 is 5.97 Å². The minimum atomic E-state index is -0.295. The molecule has 0 N–H and O–H groups in total. The number of methoxy groups -OCH3 is 1. The van der Waals surface area contributed by atoms with Crippen molar-refractivity contribution in [2.24, 2.45) is 0 Å². The van der Waals surface area contributed by atoms with E-state index in [1.54, 1.807) is 12.3 Å². The predicted molar refractivity (Wildman–Crippen MR) is 83.8 cm³/mol. The maximum absolute atomic E-state index is 11.2. The van der Waals surface area contributed by atoms with E-state index in [-0.39, 0.29) is 5.97 Å². The molecule has 0 saturated heterocycles. The topological polar surface area (TPSA) is 39.2 Å². The zero-order chi connectivity index (χ0) is 15.1. The van der Waals surface area contributed by atoms with Crippen LogP contribution in [0.25, 0.3) is 11.1 Å². The van der Waals surface area contributed by atoms with Gasteiger partial charge in [0.05, 0.1) is 7.11 Å². The van der Waals surface area contributed by atoms with Crippen molar-refractivity contribution in [3.63, 3.8) is 0 Å². The van der Waals surface area contributed by atoms with Crippen LogP contribution in [0.4, 0.5) is 0 Å². The van der Waals surface area contributed by atoms with Crippen LogP contribution >= 0.6 is 0 Å². The SMILES string of the molecule is COC(=O)/C=C(\C)CCc1cccc(-c2cccnc2)c1. The van der Waals surface area contributed by atoms with Gasteiger partial charge in [0, 0.05) is 18.5 Å². The van der Waals surface area contributed by atoms with E-state index in [4.69, 9.17) is 0 Å². The summed E-state index contributed by atoms with van der Waals surface area (Å²) >= 11 is 0. The largest absolute Gasteiger partial charge is 0.466 e. The molecule has 2 aromatic rings. The summed E-state index contributed by atoms with van der Waals surface area (Å²) in [6.45, 7) is 1.95. The summed E-state index contributed by atoms with van der Waals surface area (Å²) in [5.41, 5.74) is 4.54. The molecule has 1 heterocycles. The van der Waals surface area contributed by atoms with Gasteiger partial charge in [0.1, 0.15) is 0 Å². The molecular formula is C18H19NO2. The Hall–Kier alpha value is -2.42. The van der Waals surface area contributed by atoms with E-state index in [2.05, 4.69) is 40.1 Å². The second kappa shape index (κ2) is 7.39. The molecule has 0 fully saturated rings. The van der Waals surface area contributed by atoms with E-state index in [9.17, 15) is 4.79 Å². The van der Waals surface area contributed by atoms with Gasteiger partial charge >= 0.3 is 5.97 Å². The fourth-order valence-corrected chi connectivity index (χ4v) is 2.11. The minimum absolute atomic E-state index is 0.295. The summed E-state index contributed by atoms with van der Waals surface area (Å²) in [5, 5.41) is 0. The summed E-state index contributed by atoms with van der Waals surface area (Å²) < 4.78 is 4.63. The molecule has 0 bridgehead atoms. The smallest absolute Gasteiger partial charge is 0.330 e. The molecule has 0 aliphatic rings. The number of aromatic nitrogens is 1. The van der Waals surface area contributed by atoms with Gasteiger partial charge in [-0.3, -0.25) is 4.98 Å². The van der Waals surface area contributed by atoms with Crippen LogP contribution in [-0.4, -0.2) is 18.1 Å². The number of ether oxygens (including phenoxy) is 1. The first-order valence-electron chi connectivity index (χ1n) is 6.93. The molecule has 0 unspecified atom stereocenters. The van der Waals surface area contributed by atoms with Gasteiger partial charge < -0.3 is 4.74 Å². The predicted octanol–water partition coefficient (Wildman–Crippen LogP) is 3.80. The molecule has 0 amide bonds. The van der Waals surface area contributed by atoms with Crippen molar-refractivity contribution in [2.45, 2.75) is 19.8 Å². The molecule has 0 radical (unpaired) electrons. The normalized spacial score (nSPS) is 11.2. The van der Waals surface area contributed by atoms with Gasteiger partial charge in [0.25, 0.3) is 0 Å². The summed E-state index contributed by atoms with van der Waals surface area (Å²) in [6.07, 6.45) is 6.92. The Bertz CT molecular complexity index is 633.